The lowest BCUT2D eigenvalue weighted by atomic mass is 10.0. The summed E-state index contributed by atoms with van der Waals surface area (Å²) in [6.07, 6.45) is 0. The minimum atomic E-state index is 0.354. The van der Waals surface area contributed by atoms with Gasteiger partial charge in [-0.1, -0.05) is 36.8 Å². The van der Waals surface area contributed by atoms with Crippen molar-refractivity contribution in [3.63, 3.8) is 0 Å². The van der Waals surface area contributed by atoms with Gasteiger partial charge in [-0.25, -0.2) is 0 Å². The van der Waals surface area contributed by atoms with Gasteiger partial charge in [-0.3, -0.25) is 0 Å². The second-order valence-corrected chi connectivity index (χ2v) is 6.12. The van der Waals surface area contributed by atoms with Crippen LogP contribution in [0.1, 0.15) is 35.9 Å². The van der Waals surface area contributed by atoms with Gasteiger partial charge in [-0.2, -0.15) is 0 Å². The number of nitrogens with two attached hydrogens (primary N) is 1. The largest absolute Gasteiger partial charge is 0.486 e. The van der Waals surface area contributed by atoms with Gasteiger partial charge < -0.3 is 10.5 Å². The second kappa shape index (κ2) is 5.75. The Morgan fingerprint density at radius 1 is 1.37 bits per heavy atom. The molecule has 0 radical (unpaired) electrons. The standard InChI is InChI=1S/C13H16ClN3OS/c1-7(2)9-5-11(8(3)4-10(9)14)18-6-12-16-17-13(15)19-12/h4-5,7H,6H2,1-3H3,(H2,15,17). The number of hydrogen-bond acceptors (Lipinski definition) is 5. The van der Waals surface area contributed by atoms with Crippen LogP contribution >= 0.6 is 22.9 Å². The lowest BCUT2D eigenvalue weighted by Crippen LogP contribution is -1.99. The fourth-order valence-electron chi connectivity index (χ4n) is 1.73. The molecule has 0 amide bonds. The molecule has 19 heavy (non-hydrogen) atoms. The quantitative estimate of drug-likeness (QED) is 0.933. The van der Waals surface area contributed by atoms with Gasteiger partial charge in [0, 0.05) is 5.02 Å². The smallest absolute Gasteiger partial charge is 0.203 e. The van der Waals surface area contributed by atoms with Crippen LogP contribution in [0.3, 0.4) is 0 Å². The summed E-state index contributed by atoms with van der Waals surface area (Å²) in [6.45, 7) is 6.55. The van der Waals surface area contributed by atoms with Crippen molar-refractivity contribution in [1.82, 2.24) is 10.2 Å². The van der Waals surface area contributed by atoms with Crippen molar-refractivity contribution in [3.8, 4) is 5.75 Å². The van der Waals surface area contributed by atoms with Crippen molar-refractivity contribution < 1.29 is 4.74 Å². The van der Waals surface area contributed by atoms with E-state index in [2.05, 4.69) is 24.0 Å². The van der Waals surface area contributed by atoms with Gasteiger partial charge in [0.15, 0.2) is 5.01 Å². The van der Waals surface area contributed by atoms with Crippen LogP contribution in [0.5, 0.6) is 5.75 Å². The third kappa shape index (κ3) is 3.36. The zero-order valence-electron chi connectivity index (χ0n) is 11.1. The zero-order valence-corrected chi connectivity index (χ0v) is 12.7. The molecule has 0 unspecified atom stereocenters. The highest BCUT2D eigenvalue weighted by Gasteiger charge is 2.11. The summed E-state index contributed by atoms with van der Waals surface area (Å²) in [7, 11) is 0. The number of benzene rings is 1. The molecule has 2 aromatic rings. The summed E-state index contributed by atoms with van der Waals surface area (Å²) in [4.78, 5) is 0. The fourth-order valence-corrected chi connectivity index (χ4v) is 2.69. The first-order valence-corrected chi connectivity index (χ1v) is 7.17. The maximum absolute atomic E-state index is 6.22. The maximum atomic E-state index is 6.22. The number of hydrogen-bond donors (Lipinski definition) is 1. The van der Waals surface area contributed by atoms with E-state index in [-0.39, 0.29) is 0 Å². The molecule has 0 atom stereocenters. The van der Waals surface area contributed by atoms with E-state index in [1.807, 2.05) is 19.1 Å². The van der Waals surface area contributed by atoms with Crippen LogP contribution in [-0.2, 0) is 6.61 Å². The van der Waals surface area contributed by atoms with Gasteiger partial charge >= 0.3 is 0 Å². The molecule has 0 aliphatic rings. The lowest BCUT2D eigenvalue weighted by Gasteiger charge is -2.14. The van der Waals surface area contributed by atoms with E-state index in [1.54, 1.807) is 0 Å². The monoisotopic (exact) mass is 297 g/mol. The molecule has 1 aromatic heterocycles. The van der Waals surface area contributed by atoms with Crippen LogP contribution in [0.2, 0.25) is 5.02 Å². The Kier molecular flexibility index (Phi) is 4.27. The number of rotatable bonds is 4. The molecule has 0 saturated heterocycles. The highest BCUT2D eigenvalue weighted by Crippen LogP contribution is 2.31. The van der Waals surface area contributed by atoms with E-state index in [0.29, 0.717) is 17.7 Å². The van der Waals surface area contributed by atoms with E-state index in [4.69, 9.17) is 22.1 Å². The van der Waals surface area contributed by atoms with Crippen LogP contribution < -0.4 is 10.5 Å². The molecule has 0 aliphatic heterocycles. The molecule has 0 aliphatic carbocycles. The number of halogens is 1. The topological polar surface area (TPSA) is 61.0 Å². The maximum Gasteiger partial charge on any atom is 0.203 e. The zero-order chi connectivity index (χ0) is 14.0. The van der Waals surface area contributed by atoms with E-state index in [9.17, 15) is 0 Å². The molecule has 1 aromatic carbocycles. The first kappa shape index (κ1) is 14.1. The summed E-state index contributed by atoms with van der Waals surface area (Å²) in [6, 6.07) is 3.92. The lowest BCUT2D eigenvalue weighted by molar-refractivity contribution is 0.302. The Labute approximate surface area is 121 Å². The highest BCUT2D eigenvalue weighted by molar-refractivity contribution is 7.15. The number of aromatic nitrogens is 2. The molecule has 4 nitrogen and oxygen atoms in total. The minimum absolute atomic E-state index is 0.354. The van der Waals surface area contributed by atoms with Gasteiger partial charge in [0.1, 0.15) is 12.4 Å². The first-order chi connectivity index (χ1) is 8.97. The summed E-state index contributed by atoms with van der Waals surface area (Å²) in [5, 5.41) is 9.68. The summed E-state index contributed by atoms with van der Waals surface area (Å²) in [5.41, 5.74) is 7.62. The van der Waals surface area contributed by atoms with Gasteiger partial charge in [0.25, 0.3) is 0 Å². The van der Waals surface area contributed by atoms with Crippen LogP contribution in [0.15, 0.2) is 12.1 Å². The Bertz CT molecular complexity index is 583. The molecule has 6 heteroatoms. The average molecular weight is 298 g/mol. The van der Waals surface area contributed by atoms with Crippen LogP contribution in [0.25, 0.3) is 0 Å². The molecular weight excluding hydrogens is 282 g/mol. The van der Waals surface area contributed by atoms with Crippen molar-refractivity contribution in [1.29, 1.82) is 0 Å². The van der Waals surface area contributed by atoms with Gasteiger partial charge in [0.2, 0.25) is 5.13 Å². The molecule has 0 bridgehead atoms. The molecule has 1 heterocycles. The summed E-state index contributed by atoms with van der Waals surface area (Å²) < 4.78 is 5.78. The van der Waals surface area contributed by atoms with Gasteiger partial charge in [0.05, 0.1) is 0 Å². The predicted octanol–water partition coefficient (Wildman–Crippen LogP) is 3.78. The predicted molar refractivity (Wildman–Crippen MR) is 78.9 cm³/mol. The third-order valence-electron chi connectivity index (χ3n) is 2.75. The Morgan fingerprint density at radius 3 is 2.68 bits per heavy atom. The number of ether oxygens (including phenoxy) is 1. The van der Waals surface area contributed by atoms with Crippen molar-refractivity contribution in [2.45, 2.75) is 33.3 Å². The molecule has 0 fully saturated rings. The van der Waals surface area contributed by atoms with E-state index < -0.39 is 0 Å². The molecule has 0 spiro atoms. The molecular formula is C13H16ClN3OS. The molecule has 0 saturated carbocycles. The fraction of sp³-hybridized carbons (Fsp3) is 0.385. The SMILES string of the molecule is Cc1cc(Cl)c(C(C)C)cc1OCc1nnc(N)s1. The van der Waals surface area contributed by atoms with Crippen molar-refractivity contribution in [2.75, 3.05) is 5.73 Å². The van der Waals surface area contributed by atoms with Crippen LogP contribution in [0, 0.1) is 6.92 Å². The second-order valence-electron chi connectivity index (χ2n) is 4.62. The number of nitrogen functional groups attached to an aromatic ring is 1. The normalized spacial score (nSPS) is 11.0. The van der Waals surface area contributed by atoms with Gasteiger partial charge in [-0.05, 0) is 36.1 Å². The number of aryl methyl sites for hydroxylation is 1. The third-order valence-corrected chi connectivity index (χ3v) is 3.80. The van der Waals surface area contributed by atoms with E-state index >= 15 is 0 Å². The van der Waals surface area contributed by atoms with Gasteiger partial charge in [-0.15, -0.1) is 10.2 Å². The van der Waals surface area contributed by atoms with Crippen LogP contribution in [0.4, 0.5) is 5.13 Å². The summed E-state index contributed by atoms with van der Waals surface area (Å²) >= 11 is 7.56. The summed E-state index contributed by atoms with van der Waals surface area (Å²) in [5.74, 6) is 1.18. The van der Waals surface area contributed by atoms with E-state index in [1.165, 1.54) is 11.3 Å². The number of nitrogens with zero attached hydrogens (tertiary/aromatic N) is 2. The Morgan fingerprint density at radius 2 is 2.11 bits per heavy atom. The highest BCUT2D eigenvalue weighted by atomic mass is 35.5. The van der Waals surface area contributed by atoms with Crippen LogP contribution in [-0.4, -0.2) is 10.2 Å². The van der Waals surface area contributed by atoms with Crippen molar-refractivity contribution >= 4 is 28.1 Å². The molecule has 2 rings (SSSR count). The molecule has 2 N–H and O–H groups in total. The molecule has 102 valence electrons. The minimum Gasteiger partial charge on any atom is -0.486 e. The van der Waals surface area contributed by atoms with Crippen molar-refractivity contribution in [3.05, 3.63) is 33.3 Å². The van der Waals surface area contributed by atoms with E-state index in [0.717, 1.165) is 26.9 Å². The average Bonchev–Trinajstić information content (AvgIpc) is 2.73. The van der Waals surface area contributed by atoms with Crippen molar-refractivity contribution in [2.24, 2.45) is 0 Å². The first-order valence-electron chi connectivity index (χ1n) is 5.98. The Balaban J connectivity index is 2.17. The Hall–Kier alpha value is -1.33. The number of anilines is 1.